The summed E-state index contributed by atoms with van der Waals surface area (Å²) in [7, 11) is 0. The smallest absolute Gasteiger partial charge is 0.317 e. The summed E-state index contributed by atoms with van der Waals surface area (Å²) in [6.45, 7) is 7.66. The summed E-state index contributed by atoms with van der Waals surface area (Å²) in [6, 6.07) is 6.76. The first-order valence-corrected chi connectivity index (χ1v) is 8.42. The number of para-hydroxylation sites is 2. The summed E-state index contributed by atoms with van der Waals surface area (Å²) in [4.78, 5) is 23.9. The van der Waals surface area contributed by atoms with Crippen molar-refractivity contribution < 1.29 is 19.1 Å². The van der Waals surface area contributed by atoms with Crippen LogP contribution in [0.1, 0.15) is 66.2 Å². The van der Waals surface area contributed by atoms with Crippen molar-refractivity contribution in [2.24, 2.45) is 5.41 Å². The van der Waals surface area contributed by atoms with Crippen molar-refractivity contribution >= 4 is 11.9 Å². The summed E-state index contributed by atoms with van der Waals surface area (Å²) in [5.74, 6) is -0.0725. The van der Waals surface area contributed by atoms with Gasteiger partial charge in [-0.25, -0.2) is 0 Å². The molecule has 1 aromatic rings. The second-order valence-electron chi connectivity index (χ2n) is 6.36. The molecular weight excluding hydrogens is 292 g/mol. The highest BCUT2D eigenvalue weighted by Crippen LogP contribution is 2.31. The number of rotatable bonds is 9. The second-order valence-corrected chi connectivity index (χ2v) is 6.36. The molecule has 0 spiro atoms. The van der Waals surface area contributed by atoms with Gasteiger partial charge in [0.15, 0.2) is 11.5 Å². The Kier molecular flexibility index (Phi) is 7.79. The first kappa shape index (κ1) is 19.2. The fourth-order valence-corrected chi connectivity index (χ4v) is 2.15. The third kappa shape index (κ3) is 6.43. The highest BCUT2D eigenvalue weighted by Gasteiger charge is 2.30. The lowest BCUT2D eigenvalue weighted by molar-refractivity contribution is -0.145. The van der Waals surface area contributed by atoms with E-state index in [4.69, 9.17) is 9.47 Å². The van der Waals surface area contributed by atoms with Crippen molar-refractivity contribution in [2.45, 2.75) is 66.2 Å². The van der Waals surface area contributed by atoms with Crippen LogP contribution in [0.5, 0.6) is 11.5 Å². The largest absolute Gasteiger partial charge is 0.423 e. The van der Waals surface area contributed by atoms with Gasteiger partial charge in [-0.1, -0.05) is 51.7 Å². The molecule has 0 unspecified atom stereocenters. The van der Waals surface area contributed by atoms with Gasteiger partial charge in [-0.2, -0.15) is 0 Å². The first-order valence-electron chi connectivity index (χ1n) is 8.42. The van der Waals surface area contributed by atoms with Crippen LogP contribution in [-0.2, 0) is 9.59 Å². The van der Waals surface area contributed by atoms with Gasteiger partial charge in [0.25, 0.3) is 0 Å². The molecular formula is C19H28O4. The topological polar surface area (TPSA) is 52.6 Å². The fraction of sp³-hybridized carbons (Fsp3) is 0.579. The van der Waals surface area contributed by atoms with Crippen molar-refractivity contribution in [1.82, 2.24) is 0 Å². The molecule has 0 aliphatic rings. The Morgan fingerprint density at radius 1 is 0.957 bits per heavy atom. The molecule has 0 amide bonds. The van der Waals surface area contributed by atoms with E-state index in [1.54, 1.807) is 31.2 Å². The predicted octanol–water partition coefficient (Wildman–Crippen LogP) is 4.90. The molecule has 0 atom stereocenters. The van der Waals surface area contributed by atoms with Crippen LogP contribution in [0.15, 0.2) is 24.3 Å². The van der Waals surface area contributed by atoms with E-state index >= 15 is 0 Å². The lowest BCUT2D eigenvalue weighted by Crippen LogP contribution is -2.29. The van der Waals surface area contributed by atoms with Crippen molar-refractivity contribution in [3.8, 4) is 11.5 Å². The molecule has 0 aromatic heterocycles. The van der Waals surface area contributed by atoms with Crippen LogP contribution in [-0.4, -0.2) is 11.9 Å². The molecule has 0 N–H and O–H groups in total. The van der Waals surface area contributed by atoms with E-state index in [0.717, 1.165) is 19.3 Å². The van der Waals surface area contributed by atoms with Crippen LogP contribution in [0.25, 0.3) is 0 Å². The second kappa shape index (κ2) is 9.33. The molecule has 0 heterocycles. The highest BCUT2D eigenvalue weighted by atomic mass is 16.6. The molecule has 4 heteroatoms. The standard InChI is InChI=1S/C19H28O4/c1-5-7-8-11-14-19(3,4)18(21)23-16-13-10-9-12-15(16)22-17(20)6-2/h9-10,12-13H,5-8,11,14H2,1-4H3. The summed E-state index contributed by atoms with van der Waals surface area (Å²) in [5, 5.41) is 0. The summed E-state index contributed by atoms with van der Waals surface area (Å²) < 4.78 is 10.7. The number of hydrogen-bond donors (Lipinski definition) is 0. The summed E-state index contributed by atoms with van der Waals surface area (Å²) >= 11 is 0. The SMILES string of the molecule is CCCCCCC(C)(C)C(=O)Oc1ccccc1OC(=O)CC. The van der Waals surface area contributed by atoms with Crippen LogP contribution in [0.2, 0.25) is 0 Å². The van der Waals surface area contributed by atoms with Gasteiger partial charge >= 0.3 is 11.9 Å². The molecule has 0 radical (unpaired) electrons. The third-order valence-electron chi connectivity index (χ3n) is 3.77. The number of ether oxygens (including phenoxy) is 2. The lowest BCUT2D eigenvalue weighted by atomic mass is 9.87. The van der Waals surface area contributed by atoms with Gasteiger partial charge < -0.3 is 9.47 Å². The molecule has 0 saturated carbocycles. The van der Waals surface area contributed by atoms with Gasteiger partial charge in [-0.3, -0.25) is 9.59 Å². The molecule has 4 nitrogen and oxygen atoms in total. The van der Waals surface area contributed by atoms with E-state index in [-0.39, 0.29) is 24.1 Å². The molecule has 0 aliphatic carbocycles. The third-order valence-corrected chi connectivity index (χ3v) is 3.77. The number of carbonyl (C=O) groups is 2. The van der Waals surface area contributed by atoms with Gasteiger partial charge in [-0.15, -0.1) is 0 Å². The van der Waals surface area contributed by atoms with E-state index in [9.17, 15) is 9.59 Å². The molecule has 0 aliphatic heterocycles. The Bertz CT molecular complexity index is 520. The molecule has 23 heavy (non-hydrogen) atoms. The number of carbonyl (C=O) groups excluding carboxylic acids is 2. The predicted molar refractivity (Wildman–Crippen MR) is 90.5 cm³/mol. The minimum absolute atomic E-state index is 0.269. The monoisotopic (exact) mass is 320 g/mol. The molecule has 128 valence electrons. The Morgan fingerprint density at radius 2 is 1.57 bits per heavy atom. The average molecular weight is 320 g/mol. The highest BCUT2D eigenvalue weighted by molar-refractivity contribution is 5.79. The number of unbranched alkanes of at least 4 members (excludes halogenated alkanes) is 3. The zero-order valence-corrected chi connectivity index (χ0v) is 14.7. The Morgan fingerprint density at radius 3 is 2.13 bits per heavy atom. The number of esters is 2. The van der Waals surface area contributed by atoms with Gasteiger partial charge in [-0.05, 0) is 32.4 Å². The van der Waals surface area contributed by atoms with Crippen LogP contribution in [0.4, 0.5) is 0 Å². The van der Waals surface area contributed by atoms with Crippen molar-refractivity contribution in [3.63, 3.8) is 0 Å². The van der Waals surface area contributed by atoms with E-state index in [1.165, 1.54) is 12.8 Å². The van der Waals surface area contributed by atoms with Crippen LogP contribution in [0.3, 0.4) is 0 Å². The maximum atomic E-state index is 12.4. The van der Waals surface area contributed by atoms with E-state index in [0.29, 0.717) is 5.75 Å². The van der Waals surface area contributed by atoms with Gasteiger partial charge in [0, 0.05) is 6.42 Å². The van der Waals surface area contributed by atoms with Gasteiger partial charge in [0.1, 0.15) is 0 Å². The van der Waals surface area contributed by atoms with Gasteiger partial charge in [0.2, 0.25) is 0 Å². The molecule has 1 aromatic carbocycles. The Balaban J connectivity index is 2.70. The normalized spacial score (nSPS) is 11.1. The van der Waals surface area contributed by atoms with Crippen LogP contribution >= 0.6 is 0 Å². The van der Waals surface area contributed by atoms with Crippen molar-refractivity contribution in [1.29, 1.82) is 0 Å². The van der Waals surface area contributed by atoms with Crippen molar-refractivity contribution in [2.75, 3.05) is 0 Å². The van der Waals surface area contributed by atoms with Crippen molar-refractivity contribution in [3.05, 3.63) is 24.3 Å². The zero-order chi connectivity index (χ0) is 17.3. The number of hydrogen-bond acceptors (Lipinski definition) is 4. The van der Waals surface area contributed by atoms with E-state index in [1.807, 2.05) is 13.8 Å². The van der Waals surface area contributed by atoms with E-state index in [2.05, 4.69) is 6.92 Å². The maximum Gasteiger partial charge on any atom is 0.317 e. The zero-order valence-electron chi connectivity index (χ0n) is 14.7. The number of benzene rings is 1. The molecule has 0 saturated heterocycles. The molecule has 0 bridgehead atoms. The van der Waals surface area contributed by atoms with Gasteiger partial charge in [0.05, 0.1) is 5.41 Å². The Labute approximate surface area is 139 Å². The lowest BCUT2D eigenvalue weighted by Gasteiger charge is -2.22. The minimum atomic E-state index is -0.560. The molecule has 1 rings (SSSR count). The Hall–Kier alpha value is -1.84. The maximum absolute atomic E-state index is 12.4. The average Bonchev–Trinajstić information content (AvgIpc) is 2.53. The summed E-state index contributed by atoms with van der Waals surface area (Å²) in [5.41, 5.74) is -0.560. The van der Waals surface area contributed by atoms with E-state index < -0.39 is 5.41 Å². The van der Waals surface area contributed by atoms with Crippen LogP contribution in [0, 0.1) is 5.41 Å². The van der Waals surface area contributed by atoms with Crippen LogP contribution < -0.4 is 9.47 Å². The fourth-order valence-electron chi connectivity index (χ4n) is 2.15. The molecule has 0 fully saturated rings. The first-order chi connectivity index (χ1) is 10.9. The quantitative estimate of drug-likeness (QED) is 0.369. The summed E-state index contributed by atoms with van der Waals surface area (Å²) in [6.07, 6.45) is 5.52. The minimum Gasteiger partial charge on any atom is -0.423 e.